The molecule has 1 N–H and O–H groups in total. The highest BCUT2D eigenvalue weighted by Crippen LogP contribution is 2.38. The largest absolute Gasteiger partial charge is 0.484 e. The Bertz CT molecular complexity index is 834. The standard InChI is InChI=1S/C17H18N4O4/c1-2-14-18-15(25-20-14)19-16(23)21-8-7-17(10-21)9-12(22)11-5-3-4-6-13(11)24-17/h3-6H,2,7-10H2,1H3,(H,18,19,20,23). The van der Waals surface area contributed by atoms with E-state index in [1.54, 1.807) is 17.0 Å². The first-order chi connectivity index (χ1) is 12.1. The number of nitrogens with zero attached hydrogens (tertiary/aromatic N) is 3. The predicted octanol–water partition coefficient (Wildman–Crippen LogP) is 2.27. The SMILES string of the molecule is CCc1noc(NC(=O)N2CCC3(CC(=O)c4ccccc4O3)C2)n1. The van der Waals surface area contributed by atoms with E-state index >= 15 is 0 Å². The molecule has 1 unspecified atom stereocenters. The number of aromatic nitrogens is 2. The minimum Gasteiger partial charge on any atom is -0.484 e. The first-order valence-electron chi connectivity index (χ1n) is 8.28. The van der Waals surface area contributed by atoms with Crippen LogP contribution in [0.15, 0.2) is 28.8 Å². The number of hydrogen-bond acceptors (Lipinski definition) is 6. The third-order valence-electron chi connectivity index (χ3n) is 4.60. The van der Waals surface area contributed by atoms with Crippen molar-refractivity contribution in [1.82, 2.24) is 15.0 Å². The lowest BCUT2D eigenvalue weighted by molar-refractivity contribution is 0.0481. The number of ether oxygens (including phenoxy) is 1. The van der Waals surface area contributed by atoms with Crippen LogP contribution >= 0.6 is 0 Å². The van der Waals surface area contributed by atoms with Gasteiger partial charge in [-0.1, -0.05) is 24.2 Å². The topological polar surface area (TPSA) is 97.6 Å². The number of benzene rings is 1. The zero-order valence-electron chi connectivity index (χ0n) is 13.8. The van der Waals surface area contributed by atoms with Gasteiger partial charge in [0.1, 0.15) is 11.4 Å². The molecule has 8 nitrogen and oxygen atoms in total. The van der Waals surface area contributed by atoms with E-state index in [2.05, 4.69) is 15.5 Å². The average Bonchev–Trinajstić information content (AvgIpc) is 3.22. The molecule has 1 spiro atoms. The fourth-order valence-corrected chi connectivity index (χ4v) is 3.31. The number of ketones is 1. The van der Waals surface area contributed by atoms with E-state index in [0.29, 0.717) is 43.1 Å². The van der Waals surface area contributed by atoms with Crippen molar-refractivity contribution in [3.8, 4) is 5.75 Å². The zero-order chi connectivity index (χ0) is 17.4. The summed E-state index contributed by atoms with van der Waals surface area (Å²) in [5, 5.41) is 6.34. The molecule has 2 aliphatic heterocycles. The summed E-state index contributed by atoms with van der Waals surface area (Å²) in [5.41, 5.74) is -0.0550. The third-order valence-corrected chi connectivity index (χ3v) is 4.60. The predicted molar refractivity (Wildman–Crippen MR) is 87.6 cm³/mol. The van der Waals surface area contributed by atoms with Crippen LogP contribution in [-0.2, 0) is 6.42 Å². The van der Waals surface area contributed by atoms with Crippen molar-refractivity contribution in [3.05, 3.63) is 35.7 Å². The van der Waals surface area contributed by atoms with Gasteiger partial charge >= 0.3 is 12.0 Å². The van der Waals surface area contributed by atoms with Crippen molar-refractivity contribution in [2.45, 2.75) is 31.8 Å². The number of fused-ring (bicyclic) bond motifs is 1. The Kier molecular flexibility index (Phi) is 3.67. The molecule has 0 aliphatic carbocycles. The Labute approximate surface area is 144 Å². The molecule has 1 atom stereocenters. The molecule has 1 saturated heterocycles. The second kappa shape index (κ2) is 5.87. The average molecular weight is 342 g/mol. The molecule has 25 heavy (non-hydrogen) atoms. The molecule has 0 radical (unpaired) electrons. The van der Waals surface area contributed by atoms with Gasteiger partial charge in [-0.2, -0.15) is 4.98 Å². The van der Waals surface area contributed by atoms with Crippen molar-refractivity contribution >= 4 is 17.8 Å². The number of nitrogens with one attached hydrogen (secondary N) is 1. The van der Waals surface area contributed by atoms with Gasteiger partial charge in [-0.15, -0.1) is 0 Å². The molecule has 130 valence electrons. The van der Waals surface area contributed by atoms with Crippen molar-refractivity contribution in [1.29, 1.82) is 0 Å². The van der Waals surface area contributed by atoms with Crippen LogP contribution in [0.2, 0.25) is 0 Å². The Morgan fingerprint density at radius 2 is 2.24 bits per heavy atom. The highest BCUT2D eigenvalue weighted by molar-refractivity contribution is 6.00. The number of carbonyl (C=O) groups is 2. The number of para-hydroxylation sites is 1. The monoisotopic (exact) mass is 342 g/mol. The minimum absolute atomic E-state index is 0.0496. The summed E-state index contributed by atoms with van der Waals surface area (Å²) in [7, 11) is 0. The second-order valence-corrected chi connectivity index (χ2v) is 6.35. The molecule has 2 aliphatic rings. The first-order valence-corrected chi connectivity index (χ1v) is 8.28. The number of rotatable bonds is 2. The molecule has 1 aromatic heterocycles. The van der Waals surface area contributed by atoms with Gasteiger partial charge in [0.15, 0.2) is 11.6 Å². The number of urea groups is 1. The van der Waals surface area contributed by atoms with E-state index in [1.165, 1.54) is 0 Å². The smallest absolute Gasteiger partial charge is 0.329 e. The normalized spacial score (nSPS) is 22.0. The van der Waals surface area contributed by atoms with Gasteiger partial charge in [-0.3, -0.25) is 10.1 Å². The fraction of sp³-hybridized carbons (Fsp3) is 0.412. The molecule has 0 saturated carbocycles. The van der Waals surface area contributed by atoms with Gasteiger partial charge in [0, 0.05) is 19.4 Å². The van der Waals surface area contributed by atoms with Crippen molar-refractivity contribution in [2.75, 3.05) is 18.4 Å². The van der Waals surface area contributed by atoms with E-state index < -0.39 is 5.60 Å². The van der Waals surface area contributed by atoms with Crippen LogP contribution in [0, 0.1) is 0 Å². The summed E-state index contributed by atoms with van der Waals surface area (Å²) in [5.74, 6) is 1.17. The summed E-state index contributed by atoms with van der Waals surface area (Å²) in [6.07, 6.45) is 1.50. The van der Waals surface area contributed by atoms with Crippen LogP contribution in [0.4, 0.5) is 10.8 Å². The number of Topliss-reactive ketones (excluding diaryl/α,β-unsaturated/α-hetero) is 1. The number of anilines is 1. The van der Waals surface area contributed by atoms with Crippen LogP contribution in [0.5, 0.6) is 5.75 Å². The van der Waals surface area contributed by atoms with Crippen LogP contribution < -0.4 is 10.1 Å². The van der Waals surface area contributed by atoms with Crippen LogP contribution in [0.3, 0.4) is 0 Å². The fourth-order valence-electron chi connectivity index (χ4n) is 3.31. The lowest BCUT2D eigenvalue weighted by Gasteiger charge is -2.34. The van der Waals surface area contributed by atoms with Gasteiger partial charge in [0.05, 0.1) is 18.5 Å². The molecule has 3 heterocycles. The van der Waals surface area contributed by atoms with E-state index in [-0.39, 0.29) is 24.2 Å². The molecular formula is C17H18N4O4. The van der Waals surface area contributed by atoms with Gasteiger partial charge in [-0.05, 0) is 12.1 Å². The summed E-state index contributed by atoms with van der Waals surface area (Å²) in [6.45, 7) is 2.74. The van der Waals surface area contributed by atoms with Crippen LogP contribution in [0.1, 0.15) is 35.9 Å². The molecule has 2 amide bonds. The molecular weight excluding hydrogens is 324 g/mol. The van der Waals surface area contributed by atoms with Crippen molar-refractivity contribution < 1.29 is 18.8 Å². The molecule has 4 rings (SSSR count). The van der Waals surface area contributed by atoms with Crippen LogP contribution in [-0.4, -0.2) is 45.5 Å². The lowest BCUT2D eigenvalue weighted by atomic mass is 9.89. The number of amides is 2. The molecule has 1 fully saturated rings. The minimum atomic E-state index is -0.661. The van der Waals surface area contributed by atoms with E-state index in [4.69, 9.17) is 9.26 Å². The van der Waals surface area contributed by atoms with Crippen molar-refractivity contribution in [3.63, 3.8) is 0 Å². The highest BCUT2D eigenvalue weighted by Gasteiger charge is 2.47. The zero-order valence-corrected chi connectivity index (χ0v) is 13.8. The number of aryl methyl sites for hydroxylation is 1. The first kappa shape index (κ1) is 15.6. The Hall–Kier alpha value is -2.90. The number of likely N-dealkylation sites (tertiary alicyclic amines) is 1. The second-order valence-electron chi connectivity index (χ2n) is 6.35. The van der Waals surface area contributed by atoms with E-state index in [1.807, 2.05) is 19.1 Å². The Balaban J connectivity index is 1.46. The summed E-state index contributed by atoms with van der Waals surface area (Å²) >= 11 is 0. The molecule has 2 aromatic rings. The maximum absolute atomic E-state index is 12.4. The van der Waals surface area contributed by atoms with Crippen molar-refractivity contribution in [2.24, 2.45) is 0 Å². The van der Waals surface area contributed by atoms with E-state index in [0.717, 1.165) is 0 Å². The van der Waals surface area contributed by atoms with Gasteiger partial charge in [0.2, 0.25) is 0 Å². The maximum Gasteiger partial charge on any atom is 0.329 e. The van der Waals surface area contributed by atoms with Gasteiger partial charge in [-0.25, -0.2) is 4.79 Å². The summed E-state index contributed by atoms with van der Waals surface area (Å²) < 4.78 is 11.1. The van der Waals surface area contributed by atoms with E-state index in [9.17, 15) is 9.59 Å². The Morgan fingerprint density at radius 1 is 1.40 bits per heavy atom. The number of hydrogen-bond donors (Lipinski definition) is 1. The maximum atomic E-state index is 12.4. The lowest BCUT2D eigenvalue weighted by Crippen LogP contribution is -2.46. The molecule has 1 aromatic carbocycles. The summed E-state index contributed by atoms with van der Waals surface area (Å²) in [6, 6.07) is 6.96. The quantitative estimate of drug-likeness (QED) is 0.899. The highest BCUT2D eigenvalue weighted by atomic mass is 16.5. The van der Waals surface area contributed by atoms with Gasteiger partial charge < -0.3 is 14.2 Å². The van der Waals surface area contributed by atoms with Crippen LogP contribution in [0.25, 0.3) is 0 Å². The van der Waals surface area contributed by atoms with Gasteiger partial charge in [0.25, 0.3) is 0 Å². The third kappa shape index (κ3) is 2.84. The Morgan fingerprint density at radius 3 is 3.04 bits per heavy atom. The summed E-state index contributed by atoms with van der Waals surface area (Å²) in [4.78, 5) is 30.5. The number of carbonyl (C=O) groups excluding carboxylic acids is 2. The molecule has 8 heteroatoms. The molecule has 0 bridgehead atoms.